The van der Waals surface area contributed by atoms with Crippen LogP contribution in [0.1, 0.15) is 23.2 Å². The lowest BCUT2D eigenvalue weighted by molar-refractivity contribution is -0.145. The number of nitrogens with zero attached hydrogens (tertiary/aromatic N) is 3. The highest BCUT2D eigenvalue weighted by Gasteiger charge is 2.44. The summed E-state index contributed by atoms with van der Waals surface area (Å²) in [5.41, 5.74) is 0.515. The molecule has 1 aromatic rings. The Hall–Kier alpha value is -2.16. The van der Waals surface area contributed by atoms with Gasteiger partial charge in [0.1, 0.15) is 6.61 Å². The fourth-order valence-corrected chi connectivity index (χ4v) is 3.58. The predicted octanol–water partition coefficient (Wildman–Crippen LogP) is 1.44. The Morgan fingerprint density at radius 1 is 1.32 bits per heavy atom. The number of hydrogen-bond acceptors (Lipinski definition) is 6. The number of ether oxygens (including phenoxy) is 2. The highest BCUT2D eigenvalue weighted by molar-refractivity contribution is 9.10. The molecule has 0 aliphatic carbocycles. The van der Waals surface area contributed by atoms with Gasteiger partial charge in [0, 0.05) is 36.0 Å². The molecule has 2 aliphatic rings. The number of methoxy groups -OCH3 is 1. The molecule has 2 saturated heterocycles. The molecular formula is C16H18BrN3O5. The summed E-state index contributed by atoms with van der Waals surface area (Å²) in [6, 6.07) is 0.870. The third-order valence-electron chi connectivity index (χ3n) is 4.48. The normalized spacial score (nSPS) is 21.2. The van der Waals surface area contributed by atoms with Gasteiger partial charge in [0.2, 0.25) is 0 Å². The molecule has 25 heavy (non-hydrogen) atoms. The summed E-state index contributed by atoms with van der Waals surface area (Å²) in [5, 5.41) is 0. The van der Waals surface area contributed by atoms with Crippen LogP contribution in [0.4, 0.5) is 4.79 Å². The van der Waals surface area contributed by atoms with Crippen LogP contribution in [0.15, 0.2) is 22.9 Å². The van der Waals surface area contributed by atoms with Crippen LogP contribution in [0.3, 0.4) is 0 Å². The summed E-state index contributed by atoms with van der Waals surface area (Å²) in [7, 11) is 1.29. The number of amides is 2. The first-order chi connectivity index (χ1) is 12.0. The fraction of sp³-hybridized carbons (Fsp3) is 0.500. The SMILES string of the molecule is COC(=O)C1COC(=O)N1C1CCN(C(=O)c2cncc(Br)c2)CC1. The van der Waals surface area contributed by atoms with Gasteiger partial charge < -0.3 is 14.4 Å². The summed E-state index contributed by atoms with van der Waals surface area (Å²) in [5.74, 6) is -0.578. The first-order valence-electron chi connectivity index (χ1n) is 7.94. The minimum absolute atomic E-state index is 0.00830. The molecule has 2 fully saturated rings. The van der Waals surface area contributed by atoms with E-state index >= 15 is 0 Å². The highest BCUT2D eigenvalue weighted by Crippen LogP contribution is 2.25. The van der Waals surface area contributed by atoms with Gasteiger partial charge in [-0.2, -0.15) is 0 Å². The van der Waals surface area contributed by atoms with Gasteiger partial charge in [0.15, 0.2) is 6.04 Å². The van der Waals surface area contributed by atoms with Gasteiger partial charge in [-0.3, -0.25) is 14.7 Å². The minimum Gasteiger partial charge on any atom is -0.467 e. The summed E-state index contributed by atoms with van der Waals surface area (Å²) >= 11 is 3.31. The number of aromatic nitrogens is 1. The molecule has 0 aromatic carbocycles. The predicted molar refractivity (Wildman–Crippen MR) is 89.9 cm³/mol. The summed E-state index contributed by atoms with van der Waals surface area (Å²) in [4.78, 5) is 43.6. The van der Waals surface area contributed by atoms with E-state index in [9.17, 15) is 14.4 Å². The molecule has 0 N–H and O–H groups in total. The van der Waals surface area contributed by atoms with Crippen molar-refractivity contribution in [2.75, 3.05) is 26.8 Å². The van der Waals surface area contributed by atoms with Crippen LogP contribution in [0, 0.1) is 0 Å². The van der Waals surface area contributed by atoms with Crippen LogP contribution in [0.5, 0.6) is 0 Å². The number of pyridine rings is 1. The number of rotatable bonds is 3. The number of hydrogen-bond donors (Lipinski definition) is 0. The molecule has 1 unspecified atom stereocenters. The quantitative estimate of drug-likeness (QED) is 0.699. The molecule has 3 rings (SSSR count). The van der Waals surface area contributed by atoms with Gasteiger partial charge in [-0.05, 0) is 34.8 Å². The van der Waals surface area contributed by atoms with Crippen molar-refractivity contribution < 1.29 is 23.9 Å². The summed E-state index contributed by atoms with van der Waals surface area (Å²) in [6.45, 7) is 0.996. The number of carbonyl (C=O) groups excluding carboxylic acids is 3. The Balaban J connectivity index is 1.64. The van der Waals surface area contributed by atoms with Crippen LogP contribution in [0.2, 0.25) is 0 Å². The zero-order valence-corrected chi connectivity index (χ0v) is 15.3. The van der Waals surface area contributed by atoms with E-state index in [0.29, 0.717) is 31.5 Å². The molecule has 2 aliphatic heterocycles. The largest absolute Gasteiger partial charge is 0.467 e. The fourth-order valence-electron chi connectivity index (χ4n) is 3.21. The van der Waals surface area contributed by atoms with Crippen molar-refractivity contribution in [2.45, 2.75) is 24.9 Å². The Labute approximate surface area is 153 Å². The van der Waals surface area contributed by atoms with E-state index in [4.69, 9.17) is 9.47 Å². The van der Waals surface area contributed by atoms with Gasteiger partial charge in [0.05, 0.1) is 12.7 Å². The zero-order valence-electron chi connectivity index (χ0n) is 13.7. The lowest BCUT2D eigenvalue weighted by Gasteiger charge is -2.37. The molecule has 0 bridgehead atoms. The lowest BCUT2D eigenvalue weighted by atomic mass is 10.0. The average molecular weight is 412 g/mol. The second-order valence-electron chi connectivity index (χ2n) is 5.94. The maximum Gasteiger partial charge on any atom is 0.410 e. The maximum absolute atomic E-state index is 12.5. The van der Waals surface area contributed by atoms with E-state index in [1.54, 1.807) is 17.2 Å². The number of carbonyl (C=O) groups is 3. The standard InChI is InChI=1S/C16H18BrN3O5/c1-24-15(22)13-9-25-16(23)20(13)12-2-4-19(5-3-12)14(21)10-6-11(17)8-18-7-10/h6-8,12-13H,2-5,9H2,1H3. The van der Waals surface area contributed by atoms with Crippen molar-refractivity contribution in [3.05, 3.63) is 28.5 Å². The number of halogens is 1. The second-order valence-corrected chi connectivity index (χ2v) is 6.85. The van der Waals surface area contributed by atoms with Crippen molar-refractivity contribution >= 4 is 33.9 Å². The molecule has 2 amide bonds. The highest BCUT2D eigenvalue weighted by atomic mass is 79.9. The molecule has 8 nitrogen and oxygen atoms in total. The molecular weight excluding hydrogens is 394 g/mol. The summed E-state index contributed by atoms with van der Waals surface area (Å²) in [6.07, 6.45) is 3.81. The van der Waals surface area contributed by atoms with Crippen LogP contribution in [-0.4, -0.2) is 71.6 Å². The average Bonchev–Trinajstić information content (AvgIpc) is 3.02. The molecule has 9 heteroatoms. The molecule has 0 saturated carbocycles. The van der Waals surface area contributed by atoms with Gasteiger partial charge in [-0.1, -0.05) is 0 Å². The topological polar surface area (TPSA) is 89.0 Å². The monoisotopic (exact) mass is 411 g/mol. The van der Waals surface area contributed by atoms with Crippen LogP contribution in [-0.2, 0) is 14.3 Å². The van der Waals surface area contributed by atoms with Gasteiger partial charge in [-0.25, -0.2) is 9.59 Å². The van der Waals surface area contributed by atoms with Crippen molar-refractivity contribution in [3.63, 3.8) is 0 Å². The third-order valence-corrected chi connectivity index (χ3v) is 4.92. The Morgan fingerprint density at radius 2 is 2.04 bits per heavy atom. The third kappa shape index (κ3) is 3.60. The van der Waals surface area contributed by atoms with E-state index in [2.05, 4.69) is 20.9 Å². The van der Waals surface area contributed by atoms with E-state index in [0.717, 1.165) is 4.47 Å². The molecule has 1 atom stereocenters. The number of cyclic esters (lactones) is 1. The number of esters is 1. The maximum atomic E-state index is 12.5. The van der Waals surface area contributed by atoms with Crippen molar-refractivity contribution in [3.8, 4) is 0 Å². The lowest BCUT2D eigenvalue weighted by Crippen LogP contribution is -2.52. The van der Waals surface area contributed by atoms with E-state index in [1.165, 1.54) is 18.2 Å². The number of likely N-dealkylation sites (tertiary alicyclic amines) is 1. The summed E-state index contributed by atoms with van der Waals surface area (Å²) < 4.78 is 10.5. The smallest absolute Gasteiger partial charge is 0.410 e. The molecule has 0 radical (unpaired) electrons. The zero-order chi connectivity index (χ0) is 18.0. The Bertz CT molecular complexity index is 690. The van der Waals surface area contributed by atoms with Gasteiger partial charge >= 0.3 is 12.1 Å². The first-order valence-corrected chi connectivity index (χ1v) is 8.73. The van der Waals surface area contributed by atoms with Crippen LogP contribution >= 0.6 is 15.9 Å². The minimum atomic E-state index is -0.709. The Morgan fingerprint density at radius 3 is 2.68 bits per heavy atom. The van der Waals surface area contributed by atoms with E-state index in [1.807, 2.05) is 0 Å². The molecule has 1 aromatic heterocycles. The van der Waals surface area contributed by atoms with E-state index in [-0.39, 0.29) is 18.6 Å². The van der Waals surface area contributed by atoms with Crippen molar-refractivity contribution in [1.82, 2.24) is 14.8 Å². The van der Waals surface area contributed by atoms with Crippen LogP contribution in [0.25, 0.3) is 0 Å². The second kappa shape index (κ2) is 7.38. The molecule has 0 spiro atoms. The van der Waals surface area contributed by atoms with Gasteiger partial charge in [0.25, 0.3) is 5.91 Å². The number of piperidine rings is 1. The van der Waals surface area contributed by atoms with Crippen molar-refractivity contribution in [1.29, 1.82) is 0 Å². The van der Waals surface area contributed by atoms with Gasteiger partial charge in [-0.15, -0.1) is 0 Å². The van der Waals surface area contributed by atoms with Crippen molar-refractivity contribution in [2.24, 2.45) is 0 Å². The first kappa shape index (κ1) is 17.7. The molecule has 3 heterocycles. The Kier molecular flexibility index (Phi) is 5.22. The van der Waals surface area contributed by atoms with E-state index < -0.39 is 18.1 Å². The van der Waals surface area contributed by atoms with Crippen LogP contribution < -0.4 is 0 Å². The molecule has 134 valence electrons.